The van der Waals surface area contributed by atoms with Gasteiger partial charge in [0.25, 0.3) is 0 Å². The SMILES string of the molecule is Cc1ccc(C(C)(C)[C]2([Ti+3])C=CC([Si](C)(C)C)=C2)cc1C.[Cl-].[Cl-].[Cl-]. The Balaban J connectivity index is 0. The quantitative estimate of drug-likeness (QED) is 0.434. The van der Waals surface area contributed by atoms with Crippen molar-refractivity contribution in [2.75, 3.05) is 0 Å². The summed E-state index contributed by atoms with van der Waals surface area (Å²) in [5.74, 6) is 0. The first-order chi connectivity index (χ1) is 9.47. The fraction of sp³-hybridized carbons (Fsp3) is 0.474. The minimum Gasteiger partial charge on any atom is -1.00 e. The Hall–Kier alpha value is 0.501. The van der Waals surface area contributed by atoms with Gasteiger partial charge in [-0.25, -0.2) is 0 Å². The van der Waals surface area contributed by atoms with Crippen molar-refractivity contribution in [1.82, 2.24) is 0 Å². The van der Waals surface area contributed by atoms with E-state index in [1.54, 1.807) is 5.20 Å². The number of hydrogen-bond donors (Lipinski definition) is 0. The van der Waals surface area contributed by atoms with Gasteiger partial charge in [-0.1, -0.05) is 0 Å². The molecule has 1 aromatic rings. The molecule has 2 rings (SSSR count). The van der Waals surface area contributed by atoms with Crippen LogP contribution in [-0.4, -0.2) is 8.07 Å². The van der Waals surface area contributed by atoms with Gasteiger partial charge in [0, 0.05) is 0 Å². The van der Waals surface area contributed by atoms with Crippen molar-refractivity contribution in [1.29, 1.82) is 0 Å². The van der Waals surface area contributed by atoms with E-state index in [9.17, 15) is 0 Å². The number of allylic oxidation sites excluding steroid dienone is 4. The van der Waals surface area contributed by atoms with Crippen LogP contribution in [0.5, 0.6) is 0 Å². The molecule has 0 saturated heterocycles. The van der Waals surface area contributed by atoms with Gasteiger partial charge in [0.1, 0.15) is 0 Å². The average molecular weight is 438 g/mol. The number of hydrogen-bond acceptors (Lipinski definition) is 0. The molecule has 5 heteroatoms. The van der Waals surface area contributed by atoms with E-state index < -0.39 is 8.07 Å². The zero-order valence-corrected chi connectivity index (χ0v) is 20.4. The monoisotopic (exact) mass is 436 g/mol. The van der Waals surface area contributed by atoms with Gasteiger partial charge in [0.15, 0.2) is 0 Å². The van der Waals surface area contributed by atoms with Crippen molar-refractivity contribution in [2.45, 2.75) is 56.5 Å². The zero-order chi connectivity index (χ0) is 16.1. The number of aryl methyl sites for hydroxylation is 2. The Morgan fingerprint density at radius 2 is 1.50 bits per heavy atom. The largest absolute Gasteiger partial charge is 1.00 e. The van der Waals surface area contributed by atoms with Crippen molar-refractivity contribution in [3.63, 3.8) is 0 Å². The average Bonchev–Trinajstić information content (AvgIpc) is 2.77. The van der Waals surface area contributed by atoms with Crippen molar-refractivity contribution in [2.24, 2.45) is 0 Å². The third-order valence-corrected chi connectivity index (χ3v) is 8.54. The Bertz CT molecular complexity index is 630. The minimum atomic E-state index is -1.24. The standard InChI is InChI=1S/C19H27Si.3ClH.Ti/c1-14-8-9-16(12-15(14)2)19(3,4)17-10-11-18(13-17)20(5,6)7;;;;/h8-13H,1-7H3;3*1H;/q;;;;+3/p-3. The van der Waals surface area contributed by atoms with Crippen molar-refractivity contribution in [3.05, 3.63) is 58.3 Å². The summed E-state index contributed by atoms with van der Waals surface area (Å²) in [5.41, 5.74) is 4.30. The molecule has 1 aliphatic carbocycles. The summed E-state index contributed by atoms with van der Waals surface area (Å²) in [7, 11) is -1.24. The van der Waals surface area contributed by atoms with Crippen molar-refractivity contribution < 1.29 is 57.7 Å². The Morgan fingerprint density at radius 3 is 1.92 bits per heavy atom. The summed E-state index contributed by atoms with van der Waals surface area (Å²) in [6.45, 7) is 16.4. The fourth-order valence-corrected chi connectivity index (χ4v) is 4.85. The molecule has 0 heterocycles. The van der Waals surface area contributed by atoms with Crippen LogP contribution in [0.3, 0.4) is 0 Å². The van der Waals surface area contributed by atoms with E-state index in [4.69, 9.17) is 0 Å². The second-order valence-electron chi connectivity index (χ2n) is 7.98. The molecule has 0 aliphatic heterocycles. The van der Waals surface area contributed by atoms with Crippen LogP contribution in [0.2, 0.25) is 23.4 Å². The van der Waals surface area contributed by atoms with E-state index in [1.807, 2.05) is 0 Å². The maximum Gasteiger partial charge on any atom is -1.00 e. The summed E-state index contributed by atoms with van der Waals surface area (Å²) >= 11 is 2.38. The molecular weight excluding hydrogens is 411 g/mol. The van der Waals surface area contributed by atoms with Gasteiger partial charge < -0.3 is 37.2 Å². The molecule has 0 N–H and O–H groups in total. The van der Waals surface area contributed by atoms with Crippen LogP contribution < -0.4 is 37.2 Å². The van der Waals surface area contributed by atoms with Gasteiger partial charge in [-0.15, -0.1) is 0 Å². The van der Waals surface area contributed by atoms with E-state index in [1.165, 1.54) is 16.7 Å². The van der Waals surface area contributed by atoms with Gasteiger partial charge in [-0.2, -0.15) is 0 Å². The second-order valence-corrected chi connectivity index (χ2v) is 14.3. The molecule has 0 aromatic heterocycles. The predicted molar refractivity (Wildman–Crippen MR) is 92.2 cm³/mol. The van der Waals surface area contributed by atoms with E-state index >= 15 is 0 Å². The molecular formula is C19H27Cl3SiTi. The normalized spacial score (nSPS) is 19.8. The minimum absolute atomic E-state index is 0. The molecule has 0 radical (unpaired) electrons. The van der Waals surface area contributed by atoms with E-state index in [-0.39, 0.29) is 46.4 Å². The number of benzene rings is 1. The first-order valence-corrected chi connectivity index (χ1v) is 12.0. The maximum absolute atomic E-state index is 2.54. The van der Waals surface area contributed by atoms with Gasteiger partial charge in [0.2, 0.25) is 0 Å². The Kier molecular flexibility index (Phi) is 9.95. The molecule has 1 unspecified atom stereocenters. The molecule has 0 saturated carbocycles. The Morgan fingerprint density at radius 1 is 0.958 bits per heavy atom. The molecule has 0 amide bonds. The molecule has 0 fully saturated rings. The summed E-state index contributed by atoms with van der Waals surface area (Å²) < 4.78 is 0.101. The fourth-order valence-electron chi connectivity index (χ4n) is 2.79. The number of rotatable bonds is 3. The molecule has 132 valence electrons. The van der Waals surface area contributed by atoms with Crippen molar-refractivity contribution >= 4 is 8.07 Å². The van der Waals surface area contributed by atoms with Gasteiger partial charge >= 0.3 is 143 Å². The van der Waals surface area contributed by atoms with Gasteiger partial charge in [-0.05, 0) is 0 Å². The number of halogens is 3. The van der Waals surface area contributed by atoms with Gasteiger partial charge in [-0.3, -0.25) is 0 Å². The van der Waals surface area contributed by atoms with Crippen LogP contribution >= 0.6 is 0 Å². The van der Waals surface area contributed by atoms with E-state index in [0.29, 0.717) is 0 Å². The first kappa shape index (κ1) is 26.7. The van der Waals surface area contributed by atoms with Crippen LogP contribution in [0.1, 0.15) is 30.5 Å². The summed E-state index contributed by atoms with van der Waals surface area (Å²) in [6, 6.07) is 6.94. The zero-order valence-electron chi connectivity index (χ0n) is 15.6. The summed E-state index contributed by atoms with van der Waals surface area (Å²) in [4.78, 5) is 0. The molecule has 1 atom stereocenters. The van der Waals surface area contributed by atoms with Gasteiger partial charge in [0.05, 0.1) is 0 Å². The maximum atomic E-state index is 2.54. The van der Waals surface area contributed by atoms with Crippen LogP contribution in [-0.2, 0) is 25.9 Å². The third-order valence-electron chi connectivity index (χ3n) is 5.04. The van der Waals surface area contributed by atoms with Crippen LogP contribution in [0, 0.1) is 13.8 Å². The van der Waals surface area contributed by atoms with Crippen LogP contribution in [0.25, 0.3) is 0 Å². The molecule has 0 spiro atoms. The third kappa shape index (κ3) is 5.02. The first-order valence-electron chi connectivity index (χ1n) is 7.73. The van der Waals surface area contributed by atoms with Crippen molar-refractivity contribution in [3.8, 4) is 0 Å². The topological polar surface area (TPSA) is 0 Å². The molecule has 1 aliphatic rings. The smallest absolute Gasteiger partial charge is 1.00 e. The second kappa shape index (κ2) is 8.93. The van der Waals surface area contributed by atoms with E-state index in [0.717, 1.165) is 0 Å². The Labute approximate surface area is 179 Å². The molecule has 24 heavy (non-hydrogen) atoms. The van der Waals surface area contributed by atoms with Crippen LogP contribution in [0.4, 0.5) is 0 Å². The molecule has 0 nitrogen and oxygen atoms in total. The molecule has 0 bridgehead atoms. The summed E-state index contributed by atoms with van der Waals surface area (Å²) in [6.07, 6.45) is 7.35. The van der Waals surface area contributed by atoms with E-state index in [2.05, 4.69) is 104 Å². The summed E-state index contributed by atoms with van der Waals surface area (Å²) in [5, 5.41) is 1.59. The predicted octanol–water partition coefficient (Wildman–Crippen LogP) is -3.33. The molecule has 1 aromatic carbocycles. The van der Waals surface area contributed by atoms with Crippen LogP contribution in [0.15, 0.2) is 41.6 Å².